The summed E-state index contributed by atoms with van der Waals surface area (Å²) >= 11 is 0. The molecule has 0 saturated heterocycles. The van der Waals surface area contributed by atoms with E-state index in [2.05, 4.69) is 23.8 Å². The van der Waals surface area contributed by atoms with Gasteiger partial charge in [0.1, 0.15) is 11.3 Å². The van der Waals surface area contributed by atoms with Crippen LogP contribution in [0.5, 0.6) is 0 Å². The van der Waals surface area contributed by atoms with Crippen LogP contribution in [0.25, 0.3) is 11.0 Å². The summed E-state index contributed by atoms with van der Waals surface area (Å²) in [5.41, 5.74) is 2.58. The normalized spacial score (nSPS) is 11.1. The van der Waals surface area contributed by atoms with Crippen molar-refractivity contribution in [3.63, 3.8) is 0 Å². The zero-order chi connectivity index (χ0) is 12.6. The highest BCUT2D eigenvalue weighted by Crippen LogP contribution is 2.24. The van der Waals surface area contributed by atoms with Crippen LogP contribution < -0.4 is 0 Å². The smallest absolute Gasteiger partial charge is 0.269 e. The van der Waals surface area contributed by atoms with E-state index in [1.165, 1.54) is 5.56 Å². The Balaban J connectivity index is 2.58. The van der Waals surface area contributed by atoms with Gasteiger partial charge in [-0.3, -0.25) is 4.79 Å². The van der Waals surface area contributed by atoms with Gasteiger partial charge in [-0.1, -0.05) is 13.8 Å². The third-order valence-corrected chi connectivity index (χ3v) is 2.82. The Morgan fingerprint density at radius 2 is 2.12 bits per heavy atom. The number of carbonyl (C=O) groups is 1. The molecule has 0 aromatic carbocycles. The van der Waals surface area contributed by atoms with Crippen molar-refractivity contribution in [2.45, 2.75) is 19.8 Å². The second-order valence-corrected chi connectivity index (χ2v) is 4.70. The fourth-order valence-electron chi connectivity index (χ4n) is 1.91. The standard InChI is InChI=1S/C13H17N3O/c1-8(2)9-5-6-14-12-10(9)7-11(15-12)13(17)16(3)4/h5-8H,1-4H3,(H,14,15). The molecule has 1 N–H and O–H groups in total. The minimum Gasteiger partial charge on any atom is -0.344 e. The van der Waals surface area contributed by atoms with Gasteiger partial charge < -0.3 is 9.88 Å². The van der Waals surface area contributed by atoms with Crippen molar-refractivity contribution in [1.82, 2.24) is 14.9 Å². The Kier molecular flexibility index (Phi) is 2.88. The number of pyridine rings is 1. The van der Waals surface area contributed by atoms with Crippen molar-refractivity contribution in [3.8, 4) is 0 Å². The van der Waals surface area contributed by atoms with Crippen molar-refractivity contribution < 1.29 is 4.79 Å². The van der Waals surface area contributed by atoms with Crippen molar-refractivity contribution in [2.75, 3.05) is 14.1 Å². The molecule has 2 aromatic rings. The molecule has 0 radical (unpaired) electrons. The molecular formula is C13H17N3O. The van der Waals surface area contributed by atoms with Crippen LogP contribution in [-0.4, -0.2) is 34.9 Å². The summed E-state index contributed by atoms with van der Waals surface area (Å²) in [6.07, 6.45) is 1.78. The first-order valence-electron chi connectivity index (χ1n) is 5.70. The lowest BCUT2D eigenvalue weighted by Crippen LogP contribution is -2.21. The van der Waals surface area contributed by atoms with Crippen molar-refractivity contribution >= 4 is 16.9 Å². The molecule has 0 spiro atoms. The van der Waals surface area contributed by atoms with Crippen LogP contribution in [0.15, 0.2) is 18.3 Å². The Morgan fingerprint density at radius 1 is 1.41 bits per heavy atom. The first-order chi connectivity index (χ1) is 8.00. The minimum absolute atomic E-state index is 0.0299. The van der Waals surface area contributed by atoms with E-state index in [9.17, 15) is 4.79 Å². The molecule has 90 valence electrons. The maximum absolute atomic E-state index is 11.9. The number of carbonyl (C=O) groups excluding carboxylic acids is 1. The van der Waals surface area contributed by atoms with Crippen LogP contribution in [0.4, 0.5) is 0 Å². The van der Waals surface area contributed by atoms with Crippen LogP contribution in [0.3, 0.4) is 0 Å². The average molecular weight is 231 g/mol. The molecule has 4 nitrogen and oxygen atoms in total. The molecule has 4 heteroatoms. The summed E-state index contributed by atoms with van der Waals surface area (Å²) in [4.78, 5) is 20.7. The number of nitrogens with zero attached hydrogens (tertiary/aromatic N) is 2. The quantitative estimate of drug-likeness (QED) is 0.862. The fraction of sp³-hybridized carbons (Fsp3) is 0.385. The first-order valence-corrected chi connectivity index (χ1v) is 5.70. The van der Waals surface area contributed by atoms with Crippen molar-refractivity contribution in [2.24, 2.45) is 0 Å². The van der Waals surface area contributed by atoms with Gasteiger partial charge in [0.15, 0.2) is 0 Å². The molecule has 0 atom stereocenters. The fourth-order valence-corrected chi connectivity index (χ4v) is 1.91. The molecular weight excluding hydrogens is 214 g/mol. The third-order valence-electron chi connectivity index (χ3n) is 2.82. The third kappa shape index (κ3) is 2.02. The van der Waals surface area contributed by atoms with E-state index >= 15 is 0 Å². The van der Waals surface area contributed by atoms with Gasteiger partial charge in [-0.15, -0.1) is 0 Å². The number of amides is 1. The van der Waals surface area contributed by atoms with Crippen LogP contribution in [0, 0.1) is 0 Å². The molecule has 0 aliphatic carbocycles. The van der Waals surface area contributed by atoms with Gasteiger partial charge in [-0.05, 0) is 23.6 Å². The number of hydrogen-bond donors (Lipinski definition) is 1. The van der Waals surface area contributed by atoms with E-state index in [0.717, 1.165) is 11.0 Å². The van der Waals surface area contributed by atoms with Gasteiger partial charge in [-0.2, -0.15) is 0 Å². The van der Waals surface area contributed by atoms with E-state index in [-0.39, 0.29) is 5.91 Å². The van der Waals surface area contributed by atoms with Crippen LogP contribution in [-0.2, 0) is 0 Å². The van der Waals surface area contributed by atoms with Gasteiger partial charge in [0.25, 0.3) is 5.91 Å². The zero-order valence-electron chi connectivity index (χ0n) is 10.6. The predicted octanol–water partition coefficient (Wildman–Crippen LogP) is 2.39. The highest BCUT2D eigenvalue weighted by Gasteiger charge is 2.14. The molecule has 17 heavy (non-hydrogen) atoms. The summed E-state index contributed by atoms with van der Waals surface area (Å²) in [6.45, 7) is 4.27. The Bertz CT molecular complexity index is 555. The topological polar surface area (TPSA) is 49.0 Å². The highest BCUT2D eigenvalue weighted by molar-refractivity contribution is 5.97. The average Bonchev–Trinajstić information content (AvgIpc) is 2.70. The van der Waals surface area contributed by atoms with E-state index in [0.29, 0.717) is 11.6 Å². The van der Waals surface area contributed by atoms with Crippen LogP contribution >= 0.6 is 0 Å². The van der Waals surface area contributed by atoms with Gasteiger partial charge in [0.2, 0.25) is 0 Å². The maximum Gasteiger partial charge on any atom is 0.269 e. The maximum atomic E-state index is 11.9. The highest BCUT2D eigenvalue weighted by atomic mass is 16.2. The number of aromatic amines is 1. The lowest BCUT2D eigenvalue weighted by Gasteiger charge is -2.07. The SMILES string of the molecule is CC(C)c1ccnc2[nH]c(C(=O)N(C)C)cc12. The van der Waals surface area contributed by atoms with E-state index in [1.807, 2.05) is 12.1 Å². The summed E-state index contributed by atoms with van der Waals surface area (Å²) in [7, 11) is 3.48. The summed E-state index contributed by atoms with van der Waals surface area (Å²) < 4.78 is 0. The second kappa shape index (κ2) is 4.20. The first kappa shape index (κ1) is 11.6. The van der Waals surface area contributed by atoms with Gasteiger partial charge in [0, 0.05) is 25.7 Å². The van der Waals surface area contributed by atoms with E-state index in [1.54, 1.807) is 25.2 Å². The van der Waals surface area contributed by atoms with Gasteiger partial charge >= 0.3 is 0 Å². The number of fused-ring (bicyclic) bond motifs is 1. The molecule has 0 unspecified atom stereocenters. The van der Waals surface area contributed by atoms with Crippen LogP contribution in [0.1, 0.15) is 35.8 Å². The number of nitrogens with one attached hydrogen (secondary N) is 1. The van der Waals surface area contributed by atoms with E-state index < -0.39 is 0 Å². The largest absolute Gasteiger partial charge is 0.344 e. The number of rotatable bonds is 2. The lowest BCUT2D eigenvalue weighted by atomic mass is 10.0. The molecule has 1 amide bonds. The predicted molar refractivity (Wildman–Crippen MR) is 68.2 cm³/mol. The van der Waals surface area contributed by atoms with E-state index in [4.69, 9.17) is 0 Å². The minimum atomic E-state index is -0.0299. The van der Waals surface area contributed by atoms with Crippen LogP contribution in [0.2, 0.25) is 0 Å². The van der Waals surface area contributed by atoms with Gasteiger partial charge in [-0.25, -0.2) is 4.98 Å². The molecule has 0 saturated carbocycles. The Morgan fingerprint density at radius 3 is 2.71 bits per heavy atom. The Labute approximate surface area is 101 Å². The number of hydrogen-bond acceptors (Lipinski definition) is 2. The molecule has 0 bridgehead atoms. The number of H-pyrrole nitrogens is 1. The molecule has 0 fully saturated rings. The van der Waals surface area contributed by atoms with Gasteiger partial charge in [0.05, 0.1) is 0 Å². The second-order valence-electron chi connectivity index (χ2n) is 4.70. The molecule has 0 aliphatic rings. The zero-order valence-corrected chi connectivity index (χ0v) is 10.6. The molecule has 0 aliphatic heterocycles. The van der Waals surface area contributed by atoms with Crippen molar-refractivity contribution in [3.05, 3.63) is 29.6 Å². The lowest BCUT2D eigenvalue weighted by molar-refractivity contribution is 0.0823. The molecule has 2 rings (SSSR count). The molecule has 2 heterocycles. The Hall–Kier alpha value is -1.84. The summed E-state index contributed by atoms with van der Waals surface area (Å²) in [6, 6.07) is 3.89. The summed E-state index contributed by atoms with van der Waals surface area (Å²) in [5, 5.41) is 1.03. The molecule has 2 aromatic heterocycles. The number of aromatic nitrogens is 2. The monoisotopic (exact) mass is 231 g/mol. The van der Waals surface area contributed by atoms with Crippen molar-refractivity contribution in [1.29, 1.82) is 0 Å². The summed E-state index contributed by atoms with van der Waals surface area (Å²) in [5.74, 6) is 0.385.